The fourth-order valence-corrected chi connectivity index (χ4v) is 3.95. The fraction of sp³-hybridized carbons (Fsp3) is 0.364. The van der Waals surface area contributed by atoms with Crippen LogP contribution >= 0.6 is 0 Å². The molecular formula is C22H24N2O4. The molecule has 2 aromatic carbocycles. The van der Waals surface area contributed by atoms with Crippen LogP contribution < -0.4 is 0 Å². The first-order valence-electron chi connectivity index (χ1n) is 9.63. The van der Waals surface area contributed by atoms with Gasteiger partial charge in [0.25, 0.3) is 0 Å². The number of carbonyl (C=O) groups is 2. The minimum absolute atomic E-state index is 0.00699. The van der Waals surface area contributed by atoms with Crippen LogP contribution in [-0.4, -0.2) is 47.7 Å². The molecule has 6 nitrogen and oxygen atoms in total. The molecule has 2 saturated heterocycles. The van der Waals surface area contributed by atoms with E-state index in [0.29, 0.717) is 19.6 Å². The Morgan fingerprint density at radius 2 is 1.39 bits per heavy atom. The number of benzene rings is 2. The Kier molecular flexibility index (Phi) is 5.46. The number of likely N-dealkylation sites (tertiary alicyclic amines) is 2. The van der Waals surface area contributed by atoms with E-state index < -0.39 is 0 Å². The van der Waals surface area contributed by atoms with Crippen molar-refractivity contribution in [2.75, 3.05) is 19.6 Å². The van der Waals surface area contributed by atoms with E-state index in [-0.39, 0.29) is 37.4 Å². The predicted molar refractivity (Wildman–Crippen MR) is 103 cm³/mol. The van der Waals surface area contributed by atoms with Crippen LogP contribution in [0, 0.1) is 5.92 Å². The summed E-state index contributed by atoms with van der Waals surface area (Å²) in [7, 11) is 0. The summed E-state index contributed by atoms with van der Waals surface area (Å²) in [5, 5.41) is 0. The lowest BCUT2D eigenvalue weighted by atomic mass is 10.1. The average molecular weight is 380 g/mol. The Hall–Kier alpha value is -3.02. The highest BCUT2D eigenvalue weighted by atomic mass is 16.6. The Morgan fingerprint density at radius 1 is 0.821 bits per heavy atom. The van der Waals surface area contributed by atoms with Gasteiger partial charge in [-0.2, -0.15) is 0 Å². The van der Waals surface area contributed by atoms with Gasteiger partial charge < -0.3 is 19.3 Å². The maximum atomic E-state index is 12.5. The highest BCUT2D eigenvalue weighted by Gasteiger charge is 2.45. The zero-order valence-corrected chi connectivity index (χ0v) is 15.7. The topological polar surface area (TPSA) is 59.1 Å². The van der Waals surface area contributed by atoms with Gasteiger partial charge in [-0.15, -0.1) is 0 Å². The van der Waals surface area contributed by atoms with E-state index >= 15 is 0 Å². The molecule has 6 heteroatoms. The Bertz CT molecular complexity index is 812. The van der Waals surface area contributed by atoms with Gasteiger partial charge in [-0.25, -0.2) is 9.59 Å². The van der Waals surface area contributed by atoms with Crippen molar-refractivity contribution in [3.8, 4) is 0 Å². The lowest BCUT2D eigenvalue weighted by molar-refractivity contribution is 0.0836. The van der Waals surface area contributed by atoms with Gasteiger partial charge in [0.15, 0.2) is 0 Å². The molecule has 2 heterocycles. The van der Waals surface area contributed by atoms with Gasteiger partial charge in [0.2, 0.25) is 0 Å². The van der Waals surface area contributed by atoms with E-state index in [1.807, 2.05) is 60.7 Å². The van der Waals surface area contributed by atoms with Gasteiger partial charge in [0.05, 0.1) is 6.04 Å². The van der Waals surface area contributed by atoms with Crippen LogP contribution in [0.25, 0.3) is 0 Å². The summed E-state index contributed by atoms with van der Waals surface area (Å²) in [6.45, 7) is 2.32. The minimum Gasteiger partial charge on any atom is -0.445 e. The predicted octanol–water partition coefficient (Wildman–Crippen LogP) is 3.67. The summed E-state index contributed by atoms with van der Waals surface area (Å²) in [6, 6.07) is 19.3. The third-order valence-electron chi connectivity index (χ3n) is 5.45. The Balaban J connectivity index is 1.28. The molecule has 2 amide bonds. The molecule has 2 aromatic rings. The third-order valence-corrected chi connectivity index (χ3v) is 5.45. The van der Waals surface area contributed by atoms with Crippen LogP contribution in [0.2, 0.25) is 0 Å². The van der Waals surface area contributed by atoms with E-state index in [1.165, 1.54) is 0 Å². The number of rotatable bonds is 4. The first kappa shape index (κ1) is 18.3. The molecule has 0 radical (unpaired) electrons. The smallest absolute Gasteiger partial charge is 0.410 e. The molecule has 0 aliphatic carbocycles. The molecule has 0 bridgehead atoms. The van der Waals surface area contributed by atoms with Crippen molar-refractivity contribution in [1.82, 2.24) is 9.80 Å². The highest BCUT2D eigenvalue weighted by Crippen LogP contribution is 2.32. The summed E-state index contributed by atoms with van der Waals surface area (Å²) < 4.78 is 10.9. The average Bonchev–Trinajstić information content (AvgIpc) is 3.33. The molecule has 2 fully saturated rings. The number of fused-ring (bicyclic) bond motifs is 1. The molecule has 4 rings (SSSR count). The SMILES string of the molecule is O=C(OCc1ccccc1)N1C[C@@H]2CCN(C(=O)OCc3ccccc3)[C@@H]2C1. The zero-order chi connectivity index (χ0) is 19.3. The van der Waals surface area contributed by atoms with Crippen molar-refractivity contribution >= 4 is 12.2 Å². The van der Waals surface area contributed by atoms with E-state index in [9.17, 15) is 9.59 Å². The second-order valence-electron chi connectivity index (χ2n) is 7.29. The second-order valence-corrected chi connectivity index (χ2v) is 7.29. The molecule has 0 spiro atoms. The maximum Gasteiger partial charge on any atom is 0.410 e. The molecule has 0 N–H and O–H groups in total. The maximum absolute atomic E-state index is 12.5. The van der Waals surface area contributed by atoms with Crippen LogP contribution in [-0.2, 0) is 22.7 Å². The molecule has 0 saturated carbocycles. The zero-order valence-electron chi connectivity index (χ0n) is 15.7. The van der Waals surface area contributed by atoms with Gasteiger partial charge in [0, 0.05) is 25.6 Å². The van der Waals surface area contributed by atoms with E-state index in [2.05, 4.69) is 0 Å². The van der Waals surface area contributed by atoms with Crippen molar-refractivity contribution in [1.29, 1.82) is 0 Å². The number of amides is 2. The lowest BCUT2D eigenvalue weighted by Gasteiger charge is -2.24. The van der Waals surface area contributed by atoms with Crippen molar-refractivity contribution < 1.29 is 19.1 Å². The molecule has 28 heavy (non-hydrogen) atoms. The van der Waals surface area contributed by atoms with Gasteiger partial charge in [-0.3, -0.25) is 0 Å². The summed E-state index contributed by atoms with van der Waals surface area (Å²) in [6.07, 6.45) is 0.250. The summed E-state index contributed by atoms with van der Waals surface area (Å²) >= 11 is 0. The van der Waals surface area contributed by atoms with Crippen LogP contribution in [0.1, 0.15) is 17.5 Å². The summed E-state index contributed by atoms with van der Waals surface area (Å²) in [4.78, 5) is 28.4. The van der Waals surface area contributed by atoms with Crippen LogP contribution in [0.15, 0.2) is 60.7 Å². The number of ether oxygens (including phenoxy) is 2. The first-order chi connectivity index (χ1) is 13.7. The molecule has 0 unspecified atom stereocenters. The summed E-state index contributed by atoms with van der Waals surface area (Å²) in [5.74, 6) is 0.286. The quantitative estimate of drug-likeness (QED) is 0.812. The van der Waals surface area contributed by atoms with E-state index in [4.69, 9.17) is 9.47 Å². The van der Waals surface area contributed by atoms with Crippen molar-refractivity contribution in [2.24, 2.45) is 5.92 Å². The molecule has 2 aliphatic rings. The van der Waals surface area contributed by atoms with Crippen molar-refractivity contribution in [2.45, 2.75) is 25.7 Å². The van der Waals surface area contributed by atoms with E-state index in [1.54, 1.807) is 9.80 Å². The first-order valence-corrected chi connectivity index (χ1v) is 9.63. The van der Waals surface area contributed by atoms with Crippen molar-refractivity contribution in [3.63, 3.8) is 0 Å². The lowest BCUT2D eigenvalue weighted by Crippen LogP contribution is -2.41. The van der Waals surface area contributed by atoms with Gasteiger partial charge in [0.1, 0.15) is 13.2 Å². The molecule has 2 aliphatic heterocycles. The number of hydrogen-bond donors (Lipinski definition) is 0. The minimum atomic E-state index is -0.323. The molecular weight excluding hydrogens is 356 g/mol. The van der Waals surface area contributed by atoms with Crippen LogP contribution in [0.5, 0.6) is 0 Å². The number of hydrogen-bond acceptors (Lipinski definition) is 4. The normalized spacial score (nSPS) is 20.7. The Labute approximate surface area is 164 Å². The second kappa shape index (κ2) is 8.33. The van der Waals surface area contributed by atoms with Crippen LogP contribution in [0.3, 0.4) is 0 Å². The van der Waals surface area contributed by atoms with Crippen LogP contribution in [0.4, 0.5) is 9.59 Å². The summed E-state index contributed by atoms with van der Waals surface area (Å²) in [5.41, 5.74) is 1.92. The van der Waals surface area contributed by atoms with Gasteiger partial charge in [-0.1, -0.05) is 60.7 Å². The van der Waals surface area contributed by atoms with Crippen molar-refractivity contribution in [3.05, 3.63) is 71.8 Å². The van der Waals surface area contributed by atoms with Gasteiger partial charge >= 0.3 is 12.2 Å². The largest absolute Gasteiger partial charge is 0.445 e. The highest BCUT2D eigenvalue weighted by molar-refractivity contribution is 5.71. The number of nitrogens with zero attached hydrogens (tertiary/aromatic N) is 2. The molecule has 146 valence electrons. The van der Waals surface area contributed by atoms with Gasteiger partial charge in [-0.05, 0) is 17.5 Å². The van der Waals surface area contributed by atoms with E-state index in [0.717, 1.165) is 17.5 Å². The molecule has 2 atom stereocenters. The Morgan fingerprint density at radius 3 is 2.00 bits per heavy atom. The number of carbonyl (C=O) groups excluding carboxylic acids is 2. The third kappa shape index (κ3) is 4.11. The standard InChI is InChI=1S/C22H24N2O4/c25-21(27-15-17-7-3-1-4-8-17)23-13-19-11-12-24(20(19)14-23)22(26)28-16-18-9-5-2-6-10-18/h1-10,19-20H,11-16H2/t19-,20+/m0/s1. The monoisotopic (exact) mass is 380 g/mol. The molecule has 0 aromatic heterocycles. The fourth-order valence-electron chi connectivity index (χ4n) is 3.95.